The van der Waals surface area contributed by atoms with Gasteiger partial charge in [0.2, 0.25) is 0 Å². The SMILES string of the molecule is O=C1C2C3C=CC(C3)C2C(=O)N1N=Cc1ccc(OCc2ccccc2)c([N+](=O)[O-])c1. The number of nitro benzene ring substituents is 1. The van der Waals surface area contributed by atoms with E-state index in [4.69, 9.17) is 4.74 Å². The van der Waals surface area contributed by atoms with E-state index in [0.717, 1.165) is 17.0 Å². The first-order valence-corrected chi connectivity index (χ1v) is 10.1. The summed E-state index contributed by atoms with van der Waals surface area (Å²) in [5.41, 5.74) is 1.08. The first-order valence-electron chi connectivity index (χ1n) is 10.1. The monoisotopic (exact) mass is 417 g/mol. The number of hydrogen-bond donors (Lipinski definition) is 0. The van der Waals surface area contributed by atoms with E-state index in [1.54, 1.807) is 6.07 Å². The molecule has 2 fully saturated rings. The Kier molecular flexibility index (Phi) is 4.62. The van der Waals surface area contributed by atoms with Gasteiger partial charge in [-0.3, -0.25) is 19.7 Å². The average molecular weight is 417 g/mol. The number of rotatable bonds is 6. The van der Waals surface area contributed by atoms with E-state index >= 15 is 0 Å². The minimum atomic E-state index is -0.530. The Morgan fingerprint density at radius 2 is 1.74 bits per heavy atom. The number of amides is 2. The largest absolute Gasteiger partial charge is 0.482 e. The maximum atomic E-state index is 12.7. The Bertz CT molecular complexity index is 1100. The van der Waals surface area contributed by atoms with E-state index in [1.807, 2.05) is 42.5 Å². The second-order valence-electron chi connectivity index (χ2n) is 7.99. The molecule has 4 unspecified atom stereocenters. The van der Waals surface area contributed by atoms with Gasteiger partial charge >= 0.3 is 5.69 Å². The molecule has 1 saturated carbocycles. The number of imide groups is 1. The highest BCUT2D eigenvalue weighted by Crippen LogP contribution is 2.52. The van der Waals surface area contributed by atoms with E-state index in [1.165, 1.54) is 18.3 Å². The molecular formula is C23H19N3O5. The standard InChI is InChI=1S/C23H19N3O5/c27-22-20-16-7-8-17(11-16)21(20)23(28)25(22)24-12-15-6-9-19(18(10-15)26(29)30)31-13-14-4-2-1-3-5-14/h1-10,12,16-17,20-21H,11,13H2. The number of nitrogens with zero attached hydrogens (tertiary/aromatic N) is 3. The van der Waals surface area contributed by atoms with Crippen molar-refractivity contribution in [1.82, 2.24) is 5.01 Å². The summed E-state index contributed by atoms with van der Waals surface area (Å²) in [5, 5.41) is 16.5. The Hall–Kier alpha value is -3.81. The number of nitro groups is 1. The number of benzene rings is 2. The van der Waals surface area contributed by atoms with Crippen LogP contribution < -0.4 is 4.74 Å². The summed E-state index contributed by atoms with van der Waals surface area (Å²) >= 11 is 0. The van der Waals surface area contributed by atoms with Gasteiger partial charge in [0.1, 0.15) is 6.61 Å². The number of carbonyl (C=O) groups excluding carboxylic acids is 2. The molecule has 31 heavy (non-hydrogen) atoms. The molecule has 0 N–H and O–H groups in total. The Morgan fingerprint density at radius 3 is 2.39 bits per heavy atom. The lowest BCUT2D eigenvalue weighted by Gasteiger charge is -2.13. The molecule has 2 aromatic carbocycles. The molecule has 1 heterocycles. The molecule has 1 saturated heterocycles. The summed E-state index contributed by atoms with van der Waals surface area (Å²) in [5.74, 6) is -0.898. The normalized spacial score (nSPS) is 26.1. The minimum Gasteiger partial charge on any atom is -0.482 e. The molecule has 5 rings (SSSR count). The zero-order valence-corrected chi connectivity index (χ0v) is 16.5. The van der Waals surface area contributed by atoms with Gasteiger partial charge in [0.25, 0.3) is 11.8 Å². The number of hydrogen-bond acceptors (Lipinski definition) is 6. The number of ether oxygens (including phenoxy) is 1. The third-order valence-electron chi connectivity index (χ3n) is 6.19. The fourth-order valence-electron chi connectivity index (χ4n) is 4.74. The molecule has 156 valence electrons. The molecule has 4 atom stereocenters. The van der Waals surface area contributed by atoms with Crippen molar-refractivity contribution in [2.45, 2.75) is 13.0 Å². The van der Waals surface area contributed by atoms with Crippen LogP contribution in [0.5, 0.6) is 5.75 Å². The van der Waals surface area contributed by atoms with Gasteiger partial charge in [0.15, 0.2) is 5.75 Å². The summed E-state index contributed by atoms with van der Waals surface area (Å²) in [6, 6.07) is 13.8. The third-order valence-corrected chi connectivity index (χ3v) is 6.19. The summed E-state index contributed by atoms with van der Waals surface area (Å²) in [6.07, 6.45) is 6.19. The maximum absolute atomic E-state index is 12.7. The summed E-state index contributed by atoms with van der Waals surface area (Å²) < 4.78 is 5.62. The minimum absolute atomic E-state index is 0.105. The fourth-order valence-corrected chi connectivity index (χ4v) is 4.74. The number of carbonyl (C=O) groups is 2. The van der Waals surface area contributed by atoms with Crippen LogP contribution in [0.15, 0.2) is 65.8 Å². The van der Waals surface area contributed by atoms with E-state index in [9.17, 15) is 19.7 Å². The summed E-state index contributed by atoms with van der Waals surface area (Å²) in [4.78, 5) is 36.4. The lowest BCUT2D eigenvalue weighted by molar-refractivity contribution is -0.385. The molecular weight excluding hydrogens is 398 g/mol. The van der Waals surface area contributed by atoms with Crippen molar-refractivity contribution in [3.05, 3.63) is 81.9 Å². The predicted molar refractivity (Wildman–Crippen MR) is 111 cm³/mol. The van der Waals surface area contributed by atoms with Gasteiger partial charge in [-0.25, -0.2) is 0 Å². The lowest BCUT2D eigenvalue weighted by Crippen LogP contribution is -2.28. The Morgan fingerprint density at radius 1 is 1.06 bits per heavy atom. The van der Waals surface area contributed by atoms with Crippen molar-refractivity contribution in [2.24, 2.45) is 28.8 Å². The molecule has 0 radical (unpaired) electrons. The predicted octanol–water partition coefficient (Wildman–Crippen LogP) is 3.31. The number of allylic oxidation sites excluding steroid dienone is 2. The van der Waals surface area contributed by atoms with Crippen molar-refractivity contribution < 1.29 is 19.2 Å². The fraction of sp³-hybridized carbons (Fsp3) is 0.261. The first kappa shape index (κ1) is 19.2. The van der Waals surface area contributed by atoms with Crippen LogP contribution in [0, 0.1) is 33.8 Å². The van der Waals surface area contributed by atoms with Gasteiger partial charge in [-0.05, 0) is 36.0 Å². The van der Waals surface area contributed by atoms with Crippen LogP contribution in [0.1, 0.15) is 17.5 Å². The topological polar surface area (TPSA) is 102 Å². The highest BCUT2D eigenvalue weighted by atomic mass is 16.6. The van der Waals surface area contributed by atoms with Crippen molar-refractivity contribution in [3.8, 4) is 5.75 Å². The molecule has 0 spiro atoms. The smallest absolute Gasteiger partial charge is 0.311 e. The van der Waals surface area contributed by atoms with Crippen molar-refractivity contribution >= 4 is 23.7 Å². The van der Waals surface area contributed by atoms with Crippen molar-refractivity contribution in [2.75, 3.05) is 0 Å². The van der Waals surface area contributed by atoms with Gasteiger partial charge in [-0.2, -0.15) is 10.1 Å². The quantitative estimate of drug-likeness (QED) is 0.236. The second-order valence-corrected chi connectivity index (χ2v) is 7.99. The van der Waals surface area contributed by atoms with Crippen molar-refractivity contribution in [3.63, 3.8) is 0 Å². The highest BCUT2D eigenvalue weighted by molar-refractivity contribution is 6.06. The van der Waals surface area contributed by atoms with Crippen LogP contribution in [-0.2, 0) is 16.2 Å². The van der Waals surface area contributed by atoms with Crippen LogP contribution in [0.3, 0.4) is 0 Å². The van der Waals surface area contributed by atoms with E-state index in [-0.39, 0.29) is 53.5 Å². The van der Waals surface area contributed by atoms with Gasteiger partial charge in [0, 0.05) is 11.6 Å². The van der Waals surface area contributed by atoms with Crippen LogP contribution in [0.25, 0.3) is 0 Å². The molecule has 8 heteroatoms. The first-order chi connectivity index (χ1) is 15.0. The molecule has 1 aliphatic heterocycles. The second kappa shape index (κ2) is 7.46. The molecule has 2 bridgehead atoms. The zero-order valence-electron chi connectivity index (χ0n) is 16.5. The Balaban J connectivity index is 1.33. The summed E-state index contributed by atoms with van der Waals surface area (Å²) in [6.45, 7) is 0.199. The van der Waals surface area contributed by atoms with E-state index < -0.39 is 4.92 Å². The van der Waals surface area contributed by atoms with E-state index in [2.05, 4.69) is 5.10 Å². The zero-order chi connectivity index (χ0) is 21.5. The third kappa shape index (κ3) is 3.30. The van der Waals surface area contributed by atoms with Crippen LogP contribution in [-0.4, -0.2) is 28.0 Å². The number of fused-ring (bicyclic) bond motifs is 5. The molecule has 8 nitrogen and oxygen atoms in total. The molecule has 0 aromatic heterocycles. The van der Waals surface area contributed by atoms with Crippen LogP contribution in [0.2, 0.25) is 0 Å². The lowest BCUT2D eigenvalue weighted by atomic mass is 9.85. The molecule has 2 amide bonds. The Labute approximate surface area is 178 Å². The van der Waals surface area contributed by atoms with Gasteiger partial charge in [-0.1, -0.05) is 42.5 Å². The van der Waals surface area contributed by atoms with Gasteiger partial charge < -0.3 is 4.74 Å². The molecule has 2 aliphatic carbocycles. The van der Waals surface area contributed by atoms with Crippen LogP contribution >= 0.6 is 0 Å². The summed E-state index contributed by atoms with van der Waals surface area (Å²) in [7, 11) is 0. The van der Waals surface area contributed by atoms with Gasteiger partial charge in [0.05, 0.1) is 23.0 Å². The maximum Gasteiger partial charge on any atom is 0.311 e. The van der Waals surface area contributed by atoms with Gasteiger partial charge in [-0.15, -0.1) is 0 Å². The average Bonchev–Trinajstić information content (AvgIpc) is 3.46. The molecule has 3 aliphatic rings. The van der Waals surface area contributed by atoms with Crippen molar-refractivity contribution in [1.29, 1.82) is 0 Å². The number of hydrazone groups is 1. The van der Waals surface area contributed by atoms with E-state index in [0.29, 0.717) is 5.56 Å². The molecule has 2 aromatic rings. The highest BCUT2D eigenvalue weighted by Gasteiger charge is 2.59. The van der Waals surface area contributed by atoms with Crippen LogP contribution in [0.4, 0.5) is 5.69 Å².